The van der Waals surface area contributed by atoms with Crippen LogP contribution in [0.25, 0.3) is 0 Å². The number of nitrogens with zero attached hydrogens (tertiary/aromatic N) is 1. The van der Waals surface area contributed by atoms with Crippen LogP contribution in [-0.2, 0) is 20.9 Å². The van der Waals surface area contributed by atoms with Gasteiger partial charge in [0.05, 0.1) is 11.8 Å². The molecule has 0 unspecified atom stereocenters. The summed E-state index contributed by atoms with van der Waals surface area (Å²) >= 11 is 166. The van der Waals surface area contributed by atoms with E-state index in [2.05, 4.69) is 1000 Å². The molecule has 7 atom stereocenters. The Hall–Kier alpha value is 71.3. The number of hydrogen-bond donors (Lipinski definition) is 2. The topological polar surface area (TPSA) is 78.9 Å². The molecule has 0 amide bonds. The zero-order valence-electron chi connectivity index (χ0n) is 62.1. The zero-order chi connectivity index (χ0) is 104. The summed E-state index contributed by atoms with van der Waals surface area (Å²) in [6.45, 7) is 10.9. The fraction of sp³-hybridized carbons (Fsp3) is 0.548. The maximum Gasteiger partial charge on any atom is -0.197 e. The van der Waals surface area contributed by atoms with Crippen LogP contribution in [0.3, 0.4) is 0 Å². The van der Waals surface area contributed by atoms with Gasteiger partial charge in [-0.05, 0) is 58.6 Å². The quantitative estimate of drug-likeness (QED) is 0.0508. The number of likely N-dealkylation sites (tertiary alicyclic amines) is 1. The number of carbonyl (C=O) groups excluding carboxylic acids is 1. The fourth-order valence-corrected chi connectivity index (χ4v) is 18000. The van der Waals surface area contributed by atoms with E-state index < -0.39 is 377 Å². The molecule has 2 aliphatic rings. The Bertz CT molecular complexity index is 3390. The Morgan fingerprint density at radius 2 is 0.458 bits per heavy atom. The second-order valence-corrected chi connectivity index (χ2v) is 2310. The summed E-state index contributed by atoms with van der Waals surface area (Å²) in [6.07, 6.45) is 1.61. The Balaban J connectivity index is -0.000000254. The number of rotatable bonds is 51. The summed E-state index contributed by atoms with van der Waals surface area (Å²) in [4.78, 5) is 25.6. The molecule has 0 spiro atoms. The van der Waals surface area contributed by atoms with Crippen LogP contribution in [0.15, 0.2) is 60.7 Å². The molecule has 0 aromatic heterocycles. The van der Waals surface area contributed by atoms with Crippen LogP contribution in [0.1, 0.15) is 79.5 Å². The molecule has 0 saturated carbocycles. The number of esters is 1. The van der Waals surface area contributed by atoms with E-state index in [9.17, 15) is 9.59 Å². The van der Waals surface area contributed by atoms with Crippen molar-refractivity contribution in [2.24, 2.45) is 11.8 Å². The first-order valence-corrected chi connectivity index (χ1v) is 630. The summed E-state index contributed by atoms with van der Waals surface area (Å²) in [6, 6.07) is 21.7. The first-order valence-electron chi connectivity index (χ1n) is 26.4. The molecule has 2 aromatic carbocycles. The van der Waals surface area contributed by atoms with E-state index in [4.69, 9.17) is 9.84 Å². The molecular formula is C31H62I98N2O4S7. The van der Waals surface area contributed by atoms with Crippen molar-refractivity contribution in [3.05, 3.63) is 71.8 Å². The normalized spacial score (nSPS) is 20.2. The van der Waals surface area contributed by atoms with Crippen molar-refractivity contribution >= 4 is 1430 Å². The van der Waals surface area contributed by atoms with Crippen LogP contribution in [0.2, 0.25) is 0 Å². The molecular weight excluding hydrogens is 13100 g/mol. The Morgan fingerprint density at radius 3 is 0.606 bits per heavy atom. The second kappa shape index (κ2) is 137. The summed E-state index contributed by atoms with van der Waals surface area (Å²) in [5.74, 6) is -1.00. The fourth-order valence-electron chi connectivity index (χ4n) is 6.92. The van der Waals surface area contributed by atoms with Gasteiger partial charge in [-0.1, -0.05) is 75.5 Å². The standard InChI is InChI=1S/C22H27NO2.C7H13NO2.2CH4.I50.I48.7H2S/c1-16-14-21(22(24)25-15-19-10-6-4-7-11-19)18(3)23(16)17(2)20-12-8-5-9-13-20;1-4-3-6(7(9)10)5(2)8-4;;;1-27(2)29(5)31(7)33(9)35(11)37(13)39(15)41(17)43(19)45(21)47(23)49(25)50(26)48(24)46(22)44(20)42(18)40(16)38(14)36(12)34(10)32(8)30(6)28(3)4;1-26(2)28(5)30(7)32(9)34(11)36(13)38(15)40(17)42(19)44(21)46(23)48(25)47(24)45(22)43(20)41(18)39(16)37(14)35(12)33(10)31(8)29(6)27(3)4;;;;;;;/h4-13,16-18,21H,14-15H2,1-3H3;4-6,8H,3H2,1-2H3,(H,9,10);2*1H4;;;7*1H2/t16-,17-,18-,21-;4-,5-,6-;;;;;;;;;;;/m00.........../s1. The van der Waals surface area contributed by atoms with Crippen LogP contribution in [0.4, 0.5) is 0 Å². The van der Waals surface area contributed by atoms with E-state index in [0.717, 1.165) is 18.4 Å². The number of carbonyl (C=O) groups is 2. The number of aliphatic carboxylic acids is 1. The summed E-state index contributed by atoms with van der Waals surface area (Å²) < 4.78 is 5.60. The van der Waals surface area contributed by atoms with Crippen molar-refractivity contribution in [3.8, 4) is 0 Å². The van der Waals surface area contributed by atoms with E-state index in [1.165, 1.54) is 5.56 Å². The van der Waals surface area contributed by atoms with Gasteiger partial charge in [0.1, 0.15) is 6.61 Å². The minimum absolute atomic E-state index is 0. The largest absolute Gasteiger partial charge is 0.197 e. The number of carboxylic acid groups (broad SMARTS) is 1. The van der Waals surface area contributed by atoms with Crippen molar-refractivity contribution in [1.82, 2.24) is 10.2 Å². The molecule has 111 heteroatoms. The number of benzene rings is 2. The maximum atomic E-state index is 12.6. The van der Waals surface area contributed by atoms with Gasteiger partial charge in [0.15, 0.2) is 0 Å². The average Bonchev–Trinajstić information content (AvgIpc) is 1.67. The molecule has 4 rings (SSSR count). The first-order chi connectivity index (χ1) is 61.1. The minimum atomic E-state index is -0.677. The first kappa shape index (κ1) is 230. The molecule has 2 saturated heterocycles. The number of nitrogens with one attached hydrogen (secondary N) is 1. The smallest absolute Gasteiger partial charge is 0.197 e. The number of ether oxygens (including phenoxy) is 1. The Kier molecular flexibility index (Phi) is 222. The molecule has 948 valence electrons. The number of hydrogen-bond acceptors (Lipinski definition) is 5. The predicted molar refractivity (Wildman–Crippen MR) is 1600 cm³/mol. The summed E-state index contributed by atoms with van der Waals surface area (Å²) in [7, 11) is -25.0. The zero-order valence-corrected chi connectivity index (χ0v) is 281. The van der Waals surface area contributed by atoms with Crippen molar-refractivity contribution < 1.29 is 19.4 Å². The summed E-state index contributed by atoms with van der Waals surface area (Å²) in [5, 5.41) is 11.8. The van der Waals surface area contributed by atoms with E-state index in [0.29, 0.717) is 18.7 Å². The van der Waals surface area contributed by atoms with Crippen LogP contribution in [-0.4, -0.2) is 46.1 Å². The van der Waals surface area contributed by atoms with Crippen LogP contribution >= 0.6 is 1410 Å². The third kappa shape index (κ3) is 93.4. The molecule has 142 heavy (non-hydrogen) atoms. The summed E-state index contributed by atoms with van der Waals surface area (Å²) in [5.41, 5.74) is 2.32. The number of carboxylic acids is 1. The van der Waals surface area contributed by atoms with Gasteiger partial charge in [-0.15, -0.1) is 0 Å². The number of halogens is 98. The Labute approximate surface area is 1560 Å². The van der Waals surface area contributed by atoms with Crippen LogP contribution in [0.5, 0.6) is 0 Å². The van der Waals surface area contributed by atoms with Gasteiger partial charge < -0.3 is 15.2 Å². The van der Waals surface area contributed by atoms with E-state index in [-0.39, 0.29) is 145 Å². The molecule has 2 aliphatic heterocycles. The van der Waals surface area contributed by atoms with Crippen LogP contribution in [0, 0.1) is 11.8 Å². The van der Waals surface area contributed by atoms with Gasteiger partial charge in [0.25, 0.3) is 0 Å². The van der Waals surface area contributed by atoms with Crippen molar-refractivity contribution in [2.45, 2.75) is 99.1 Å². The van der Waals surface area contributed by atoms with Crippen molar-refractivity contribution in [1.29, 1.82) is 0 Å². The monoisotopic (exact) mass is 13200 g/mol. The van der Waals surface area contributed by atoms with Gasteiger partial charge in [0.2, 0.25) is 0 Å². The van der Waals surface area contributed by atoms with Gasteiger partial charge in [0, 0.05) is 30.2 Å². The molecule has 2 aromatic rings. The predicted octanol–water partition coefficient (Wildman–Crippen LogP) is 93.9. The van der Waals surface area contributed by atoms with Gasteiger partial charge in [-0.2, -0.15) is 94.5 Å². The van der Waals surface area contributed by atoms with Gasteiger partial charge >= 0.3 is 1330 Å². The molecule has 0 radical (unpaired) electrons. The molecule has 2 heterocycles. The van der Waals surface area contributed by atoms with E-state index in [1.54, 1.807) is 0 Å². The third-order valence-corrected chi connectivity index (χ3v) is 7450. The average molecular weight is 13200 g/mol. The van der Waals surface area contributed by atoms with Gasteiger partial charge in [-0.25, -0.2) is 0 Å². The molecule has 0 aliphatic carbocycles. The van der Waals surface area contributed by atoms with Crippen LogP contribution < -0.4 is 5.32 Å². The third-order valence-electron chi connectivity index (χ3n) is 11.2. The van der Waals surface area contributed by atoms with Gasteiger partial charge in [-0.3, -0.25) is 14.5 Å². The Morgan fingerprint density at radius 1 is 0.289 bits per heavy atom. The molecule has 6 nitrogen and oxygen atoms in total. The van der Waals surface area contributed by atoms with E-state index >= 15 is 0 Å². The maximum absolute atomic E-state index is 12.6. The molecule has 2 fully saturated rings. The van der Waals surface area contributed by atoms with Crippen molar-refractivity contribution in [2.75, 3.05) is 0 Å². The molecule has 0 bridgehead atoms. The van der Waals surface area contributed by atoms with Crippen molar-refractivity contribution in [3.63, 3.8) is 0 Å². The SMILES string of the molecule is C.C.C[C@@H]1N[C@@H](C)C[C@@H]1C(=O)O.C[C@H]1C[C@H](C(=O)OCc2ccccc2)[C@H](C)N1[C@@H](C)c1ccccc1.II(I)I(I)I(I)I(I)I(I)I(I)I(I)I(I)I(I)I(I)I(I)I(I)I(I)I(I)I(I)I(I)I(I)I(I)I(I)I(I)I(I)I(I)I(I)I.II(I)I(I)I(I)I(I)I(I)I(I)I(I)I(I)I(I)I(I)I(I)I(I)I(I)I(I)I(I)I(I)I(I)I(I)I(I)I(I)I(I)I(I)I(I)I(I)I.S.S.S.S.S.S.S. The minimum Gasteiger partial charge on any atom is -0.197 e. The molecule has 2 N–H and O–H groups in total. The van der Waals surface area contributed by atoms with E-state index in [1.807, 2.05) is 50.2 Å². The second-order valence-electron chi connectivity index (χ2n) is 17.7.